The zero-order valence-corrected chi connectivity index (χ0v) is 11.8. The summed E-state index contributed by atoms with van der Waals surface area (Å²) in [5.74, 6) is 1.69. The number of thioether (sulfide) groups is 1. The number of carbonyl (C=O) groups excluding carboxylic acids is 1. The Labute approximate surface area is 115 Å². The second-order valence-electron chi connectivity index (χ2n) is 3.35. The molecular weight excluding hydrogens is 279 g/mol. The zero-order chi connectivity index (χ0) is 12.8. The number of carbonyl (C=O) groups is 1. The average Bonchev–Trinajstić information content (AvgIpc) is 2.24. The van der Waals surface area contributed by atoms with E-state index in [-0.39, 0.29) is 5.91 Å². The smallest absolute Gasteiger partial charge is 0.225 e. The maximum absolute atomic E-state index is 11.6. The summed E-state index contributed by atoms with van der Waals surface area (Å²) in [6.45, 7) is 2.05. The topological polar surface area (TPSA) is 55.1 Å². The van der Waals surface area contributed by atoms with Crippen molar-refractivity contribution in [1.82, 2.24) is 0 Å². The number of nitrogens with one attached hydrogen (secondary N) is 1. The van der Waals surface area contributed by atoms with E-state index >= 15 is 0 Å². The van der Waals surface area contributed by atoms with E-state index in [0.717, 1.165) is 11.5 Å². The summed E-state index contributed by atoms with van der Waals surface area (Å²) >= 11 is 13.4. The molecule has 94 valence electrons. The van der Waals surface area contributed by atoms with E-state index in [0.29, 0.717) is 27.8 Å². The van der Waals surface area contributed by atoms with Crippen LogP contribution < -0.4 is 11.1 Å². The lowest BCUT2D eigenvalue weighted by molar-refractivity contribution is -0.115. The van der Waals surface area contributed by atoms with Crippen LogP contribution in [0, 0.1) is 0 Å². The van der Waals surface area contributed by atoms with Gasteiger partial charge < -0.3 is 11.1 Å². The highest BCUT2D eigenvalue weighted by Gasteiger charge is 2.10. The lowest BCUT2D eigenvalue weighted by Gasteiger charge is -2.10. The van der Waals surface area contributed by atoms with Gasteiger partial charge in [-0.25, -0.2) is 0 Å². The van der Waals surface area contributed by atoms with E-state index in [1.54, 1.807) is 23.9 Å². The quantitative estimate of drug-likeness (QED) is 0.643. The van der Waals surface area contributed by atoms with Crippen molar-refractivity contribution in [3.63, 3.8) is 0 Å². The molecule has 0 fully saturated rings. The molecule has 0 aliphatic carbocycles. The standard InChI is InChI=1S/C11H14Cl2N2OS/c1-2-17-4-3-10(16)15-11-8(13)5-7(12)6-9(11)14/h5-6H,2-4,14H2,1H3,(H,15,16). The van der Waals surface area contributed by atoms with Gasteiger partial charge in [-0.15, -0.1) is 0 Å². The first-order valence-corrected chi connectivity index (χ1v) is 7.07. The van der Waals surface area contributed by atoms with E-state index < -0.39 is 0 Å². The summed E-state index contributed by atoms with van der Waals surface area (Å²) in [6.07, 6.45) is 0.441. The van der Waals surface area contributed by atoms with Crippen molar-refractivity contribution in [1.29, 1.82) is 0 Å². The van der Waals surface area contributed by atoms with Gasteiger partial charge in [0.15, 0.2) is 0 Å². The first-order chi connectivity index (χ1) is 8.04. The van der Waals surface area contributed by atoms with Gasteiger partial charge >= 0.3 is 0 Å². The van der Waals surface area contributed by atoms with Crippen LogP contribution in [0.15, 0.2) is 12.1 Å². The third-order valence-corrected chi connectivity index (χ3v) is 3.44. The second-order valence-corrected chi connectivity index (χ2v) is 5.58. The van der Waals surface area contributed by atoms with E-state index in [9.17, 15) is 4.79 Å². The van der Waals surface area contributed by atoms with Crippen molar-refractivity contribution in [2.24, 2.45) is 0 Å². The molecule has 0 aliphatic rings. The predicted octanol–water partition coefficient (Wildman–Crippen LogP) is 3.66. The summed E-state index contributed by atoms with van der Waals surface area (Å²) in [7, 11) is 0. The van der Waals surface area contributed by atoms with Crippen LogP contribution in [0.5, 0.6) is 0 Å². The summed E-state index contributed by atoms with van der Waals surface area (Å²) in [4.78, 5) is 11.6. The summed E-state index contributed by atoms with van der Waals surface area (Å²) in [5.41, 5.74) is 6.54. The Morgan fingerprint density at radius 2 is 2.18 bits per heavy atom. The third-order valence-electron chi connectivity index (χ3n) is 2.03. The number of nitrogen functional groups attached to an aromatic ring is 1. The van der Waals surface area contributed by atoms with Crippen molar-refractivity contribution in [3.05, 3.63) is 22.2 Å². The van der Waals surface area contributed by atoms with Gasteiger partial charge in [0.25, 0.3) is 0 Å². The minimum Gasteiger partial charge on any atom is -0.397 e. The number of anilines is 2. The molecule has 0 bridgehead atoms. The lowest BCUT2D eigenvalue weighted by Crippen LogP contribution is -2.14. The van der Waals surface area contributed by atoms with E-state index in [4.69, 9.17) is 28.9 Å². The minimum absolute atomic E-state index is 0.0955. The molecular formula is C11H14Cl2N2OS. The number of nitrogens with two attached hydrogens (primary N) is 1. The molecule has 0 heterocycles. The fraction of sp³-hybridized carbons (Fsp3) is 0.364. The fourth-order valence-corrected chi connectivity index (χ4v) is 2.41. The highest BCUT2D eigenvalue weighted by atomic mass is 35.5. The molecule has 1 amide bonds. The van der Waals surface area contributed by atoms with Crippen LogP contribution in [0.4, 0.5) is 11.4 Å². The first-order valence-electron chi connectivity index (χ1n) is 5.16. The molecule has 1 aromatic carbocycles. The largest absolute Gasteiger partial charge is 0.397 e. The van der Waals surface area contributed by atoms with Gasteiger partial charge in [-0.1, -0.05) is 30.1 Å². The molecule has 0 aromatic heterocycles. The SMILES string of the molecule is CCSCCC(=O)Nc1c(N)cc(Cl)cc1Cl. The second kappa shape index (κ2) is 6.99. The Bertz CT molecular complexity index is 389. The average molecular weight is 293 g/mol. The minimum atomic E-state index is -0.0955. The molecule has 0 atom stereocenters. The molecule has 0 aliphatic heterocycles. The molecule has 0 radical (unpaired) electrons. The van der Waals surface area contributed by atoms with E-state index in [2.05, 4.69) is 12.2 Å². The van der Waals surface area contributed by atoms with Crippen molar-refractivity contribution in [2.75, 3.05) is 22.6 Å². The Morgan fingerprint density at radius 3 is 2.76 bits per heavy atom. The molecule has 3 nitrogen and oxygen atoms in total. The predicted molar refractivity (Wildman–Crippen MR) is 77.1 cm³/mol. The molecule has 0 saturated heterocycles. The van der Waals surface area contributed by atoms with Gasteiger partial charge in [-0.05, 0) is 17.9 Å². The number of rotatable bonds is 5. The van der Waals surface area contributed by atoms with Gasteiger partial charge in [-0.3, -0.25) is 4.79 Å². The van der Waals surface area contributed by atoms with Crippen LogP contribution in [0.1, 0.15) is 13.3 Å². The normalized spacial score (nSPS) is 10.3. The highest BCUT2D eigenvalue weighted by Crippen LogP contribution is 2.32. The summed E-state index contributed by atoms with van der Waals surface area (Å²) < 4.78 is 0. The molecule has 17 heavy (non-hydrogen) atoms. The summed E-state index contributed by atoms with van der Waals surface area (Å²) in [6, 6.07) is 3.11. The van der Waals surface area contributed by atoms with Crippen LogP contribution in [0.25, 0.3) is 0 Å². The van der Waals surface area contributed by atoms with Gasteiger partial charge in [0.05, 0.1) is 16.4 Å². The highest BCUT2D eigenvalue weighted by molar-refractivity contribution is 7.99. The van der Waals surface area contributed by atoms with Crippen LogP contribution in [-0.2, 0) is 4.79 Å². The van der Waals surface area contributed by atoms with Gasteiger partial charge in [-0.2, -0.15) is 11.8 Å². The van der Waals surface area contributed by atoms with Crippen LogP contribution >= 0.6 is 35.0 Å². The van der Waals surface area contributed by atoms with Crippen molar-refractivity contribution in [3.8, 4) is 0 Å². The maximum atomic E-state index is 11.6. The number of benzene rings is 1. The van der Waals surface area contributed by atoms with Crippen molar-refractivity contribution in [2.45, 2.75) is 13.3 Å². The Kier molecular flexibility index (Phi) is 5.95. The van der Waals surface area contributed by atoms with Gasteiger partial charge in [0.1, 0.15) is 0 Å². The van der Waals surface area contributed by atoms with Crippen LogP contribution in [-0.4, -0.2) is 17.4 Å². The number of halogens is 2. The Morgan fingerprint density at radius 1 is 1.47 bits per heavy atom. The molecule has 3 N–H and O–H groups in total. The Balaban J connectivity index is 2.65. The molecule has 6 heteroatoms. The van der Waals surface area contributed by atoms with Crippen LogP contribution in [0.2, 0.25) is 10.0 Å². The number of hydrogen-bond donors (Lipinski definition) is 2. The zero-order valence-electron chi connectivity index (χ0n) is 9.43. The fourth-order valence-electron chi connectivity index (χ4n) is 1.24. The Hall–Kier alpha value is -0.580. The number of amides is 1. The van der Waals surface area contributed by atoms with Crippen molar-refractivity contribution >= 4 is 52.2 Å². The summed E-state index contributed by atoms with van der Waals surface area (Å²) in [5, 5.41) is 3.50. The lowest BCUT2D eigenvalue weighted by atomic mass is 10.2. The third kappa shape index (κ3) is 4.66. The molecule has 0 unspecified atom stereocenters. The van der Waals surface area contributed by atoms with E-state index in [1.165, 1.54) is 0 Å². The molecule has 0 spiro atoms. The van der Waals surface area contributed by atoms with Gasteiger partial charge in [0, 0.05) is 17.2 Å². The van der Waals surface area contributed by atoms with E-state index in [1.807, 2.05) is 0 Å². The molecule has 1 aromatic rings. The number of hydrogen-bond acceptors (Lipinski definition) is 3. The maximum Gasteiger partial charge on any atom is 0.225 e. The molecule has 0 saturated carbocycles. The van der Waals surface area contributed by atoms with Gasteiger partial charge in [0.2, 0.25) is 5.91 Å². The monoisotopic (exact) mass is 292 g/mol. The first kappa shape index (κ1) is 14.5. The molecule has 1 rings (SSSR count). The van der Waals surface area contributed by atoms with Crippen molar-refractivity contribution < 1.29 is 4.79 Å². The van der Waals surface area contributed by atoms with Crippen LogP contribution in [0.3, 0.4) is 0 Å².